The third-order valence-corrected chi connectivity index (χ3v) is 7.36. The molecule has 0 aliphatic carbocycles. The Labute approximate surface area is 173 Å². The van der Waals surface area contributed by atoms with Crippen molar-refractivity contribution in [2.24, 2.45) is 0 Å². The number of carbonyl (C=O) groups excluding carboxylic acids is 1. The van der Waals surface area contributed by atoms with Crippen molar-refractivity contribution in [3.8, 4) is 0 Å². The molecule has 0 N–H and O–H groups in total. The van der Waals surface area contributed by atoms with Crippen LogP contribution in [0.3, 0.4) is 0 Å². The molecule has 0 saturated heterocycles. The average Bonchev–Trinajstić information content (AvgIpc) is 2.66. The largest absolute Gasteiger partial charge is 0.465 e. The SMILES string of the molecule is CCCCCCCCCCCCCC[C@H](C(=O)OCC)P(=O)(OCC)OCC. The number of rotatable bonds is 20. The Balaban J connectivity index is 4.12. The van der Waals surface area contributed by atoms with Gasteiger partial charge >= 0.3 is 13.6 Å². The number of unbranched alkanes of at least 4 members (excludes halogenated alkanes) is 11. The number of carbonyl (C=O) groups is 1. The smallest absolute Gasteiger partial charge is 0.344 e. The number of ether oxygens (including phenoxy) is 1. The highest BCUT2D eigenvalue weighted by atomic mass is 31.2. The van der Waals surface area contributed by atoms with Crippen molar-refractivity contribution in [3.63, 3.8) is 0 Å². The van der Waals surface area contributed by atoms with Gasteiger partial charge in [0.05, 0.1) is 19.8 Å². The highest BCUT2D eigenvalue weighted by molar-refractivity contribution is 7.55. The van der Waals surface area contributed by atoms with Crippen LogP contribution in [0.4, 0.5) is 0 Å². The predicted molar refractivity (Wildman–Crippen MR) is 117 cm³/mol. The van der Waals surface area contributed by atoms with Crippen LogP contribution in [0.25, 0.3) is 0 Å². The van der Waals surface area contributed by atoms with Gasteiger partial charge in [-0.15, -0.1) is 0 Å². The molecule has 0 aromatic heterocycles. The van der Waals surface area contributed by atoms with Crippen LogP contribution >= 0.6 is 7.60 Å². The maximum absolute atomic E-state index is 13.0. The quantitative estimate of drug-likeness (QED) is 0.118. The van der Waals surface area contributed by atoms with Crippen molar-refractivity contribution in [1.82, 2.24) is 0 Å². The van der Waals surface area contributed by atoms with Gasteiger partial charge in [-0.1, -0.05) is 84.0 Å². The van der Waals surface area contributed by atoms with Crippen molar-refractivity contribution < 1.29 is 23.1 Å². The van der Waals surface area contributed by atoms with Crippen molar-refractivity contribution >= 4 is 13.6 Å². The third-order valence-electron chi connectivity index (χ3n) is 4.89. The van der Waals surface area contributed by atoms with Crippen molar-refractivity contribution in [1.29, 1.82) is 0 Å². The first-order valence-electron chi connectivity index (χ1n) is 11.6. The Hall–Kier alpha value is -0.380. The first kappa shape index (κ1) is 27.6. The highest BCUT2D eigenvalue weighted by Crippen LogP contribution is 2.55. The lowest BCUT2D eigenvalue weighted by atomic mass is 10.0. The van der Waals surface area contributed by atoms with E-state index in [-0.39, 0.29) is 19.8 Å². The molecule has 0 unspecified atom stereocenters. The topological polar surface area (TPSA) is 61.8 Å². The summed E-state index contributed by atoms with van der Waals surface area (Å²) in [5.41, 5.74) is -0.810. The molecule has 0 rings (SSSR count). The molecule has 0 aliphatic heterocycles. The molecule has 0 fully saturated rings. The summed E-state index contributed by atoms with van der Waals surface area (Å²) < 4.78 is 28.9. The predicted octanol–water partition coefficient (Wildman–Crippen LogP) is 7.28. The zero-order valence-electron chi connectivity index (χ0n) is 18.9. The molecule has 28 heavy (non-hydrogen) atoms. The molecule has 168 valence electrons. The van der Waals surface area contributed by atoms with E-state index in [0.717, 1.165) is 19.3 Å². The minimum Gasteiger partial charge on any atom is -0.465 e. The van der Waals surface area contributed by atoms with Crippen LogP contribution in [-0.2, 0) is 23.1 Å². The molecular weight excluding hydrogens is 375 g/mol. The van der Waals surface area contributed by atoms with Gasteiger partial charge in [0, 0.05) is 0 Å². The van der Waals surface area contributed by atoms with E-state index in [1.165, 1.54) is 57.8 Å². The van der Waals surface area contributed by atoms with E-state index in [1.54, 1.807) is 20.8 Å². The maximum atomic E-state index is 13.0. The summed E-state index contributed by atoms with van der Waals surface area (Å²) in [6, 6.07) is 0. The minimum absolute atomic E-state index is 0.256. The van der Waals surface area contributed by atoms with Crippen LogP contribution in [0.5, 0.6) is 0 Å². The van der Waals surface area contributed by atoms with E-state index in [2.05, 4.69) is 6.92 Å². The summed E-state index contributed by atoms with van der Waals surface area (Å²) >= 11 is 0. The summed E-state index contributed by atoms with van der Waals surface area (Å²) in [4.78, 5) is 12.3. The zero-order chi connectivity index (χ0) is 21.1. The lowest BCUT2D eigenvalue weighted by Crippen LogP contribution is -2.26. The second kappa shape index (κ2) is 18.6. The summed E-state index contributed by atoms with van der Waals surface area (Å²) in [6.07, 6.45) is 15.5. The molecule has 0 radical (unpaired) electrons. The highest BCUT2D eigenvalue weighted by Gasteiger charge is 2.41. The Bertz CT molecular complexity index is 404. The Kier molecular flexibility index (Phi) is 18.4. The van der Waals surface area contributed by atoms with Gasteiger partial charge in [-0.3, -0.25) is 9.36 Å². The van der Waals surface area contributed by atoms with E-state index in [1.807, 2.05) is 0 Å². The monoisotopic (exact) mass is 420 g/mol. The van der Waals surface area contributed by atoms with Crippen LogP contribution < -0.4 is 0 Å². The first-order valence-corrected chi connectivity index (χ1v) is 13.2. The fourth-order valence-corrected chi connectivity index (χ4v) is 5.39. The Morgan fingerprint density at radius 1 is 0.679 bits per heavy atom. The van der Waals surface area contributed by atoms with Crippen LogP contribution in [0.2, 0.25) is 0 Å². The molecule has 0 saturated carbocycles. The van der Waals surface area contributed by atoms with Gasteiger partial charge in [-0.2, -0.15) is 0 Å². The standard InChI is InChI=1S/C22H45O5P/c1-5-9-10-11-12-13-14-15-16-17-18-19-20-21(22(23)25-6-2)28(24,26-7-3)27-8-4/h21H,5-20H2,1-4H3/t21-/m1/s1. The molecule has 0 aliphatic rings. The van der Waals surface area contributed by atoms with Crippen LogP contribution in [-0.4, -0.2) is 31.4 Å². The van der Waals surface area contributed by atoms with Gasteiger partial charge < -0.3 is 13.8 Å². The fraction of sp³-hybridized carbons (Fsp3) is 0.955. The van der Waals surface area contributed by atoms with Gasteiger partial charge in [0.15, 0.2) is 5.66 Å². The fourth-order valence-electron chi connectivity index (χ4n) is 3.40. The normalized spacial score (nSPS) is 12.9. The van der Waals surface area contributed by atoms with E-state index in [0.29, 0.717) is 6.42 Å². The summed E-state index contributed by atoms with van der Waals surface area (Å²) in [6.45, 7) is 8.31. The molecular formula is C22H45O5P. The summed E-state index contributed by atoms with van der Waals surface area (Å²) in [5.74, 6) is -0.462. The third kappa shape index (κ3) is 13.0. The van der Waals surface area contributed by atoms with Gasteiger partial charge in [0.1, 0.15) is 0 Å². The summed E-state index contributed by atoms with van der Waals surface area (Å²) in [7, 11) is -3.47. The van der Waals surface area contributed by atoms with Crippen molar-refractivity contribution in [3.05, 3.63) is 0 Å². The lowest BCUT2D eigenvalue weighted by Gasteiger charge is -2.24. The van der Waals surface area contributed by atoms with Crippen molar-refractivity contribution in [2.75, 3.05) is 19.8 Å². The molecule has 1 atom stereocenters. The van der Waals surface area contributed by atoms with Gasteiger partial charge in [-0.25, -0.2) is 0 Å². The van der Waals surface area contributed by atoms with E-state index < -0.39 is 19.2 Å². The van der Waals surface area contributed by atoms with Gasteiger partial charge in [0.2, 0.25) is 0 Å². The van der Waals surface area contributed by atoms with Crippen LogP contribution in [0, 0.1) is 0 Å². The molecule has 5 nitrogen and oxygen atoms in total. The number of esters is 1. The van der Waals surface area contributed by atoms with Gasteiger partial charge in [-0.05, 0) is 27.2 Å². The lowest BCUT2D eigenvalue weighted by molar-refractivity contribution is -0.143. The van der Waals surface area contributed by atoms with E-state index in [4.69, 9.17) is 13.8 Å². The first-order chi connectivity index (χ1) is 13.6. The minimum atomic E-state index is -3.47. The maximum Gasteiger partial charge on any atom is 0.344 e. The molecule has 0 bridgehead atoms. The molecule has 0 aromatic carbocycles. The van der Waals surface area contributed by atoms with Crippen molar-refractivity contribution in [2.45, 2.75) is 117 Å². The van der Waals surface area contributed by atoms with Crippen LogP contribution in [0.15, 0.2) is 0 Å². The second-order valence-corrected chi connectivity index (χ2v) is 9.54. The number of hydrogen-bond donors (Lipinski definition) is 0. The molecule has 6 heteroatoms. The van der Waals surface area contributed by atoms with E-state index in [9.17, 15) is 9.36 Å². The Morgan fingerprint density at radius 3 is 1.50 bits per heavy atom. The molecule has 0 aromatic rings. The van der Waals surface area contributed by atoms with Gasteiger partial charge in [0.25, 0.3) is 0 Å². The molecule has 0 amide bonds. The Morgan fingerprint density at radius 2 is 1.11 bits per heavy atom. The molecule has 0 spiro atoms. The number of hydrogen-bond acceptors (Lipinski definition) is 5. The molecule has 0 heterocycles. The van der Waals surface area contributed by atoms with Crippen LogP contribution in [0.1, 0.15) is 111 Å². The van der Waals surface area contributed by atoms with E-state index >= 15 is 0 Å². The second-order valence-electron chi connectivity index (χ2n) is 7.32. The summed E-state index contributed by atoms with van der Waals surface area (Å²) in [5, 5.41) is 0. The average molecular weight is 421 g/mol. The zero-order valence-corrected chi connectivity index (χ0v) is 19.8.